The van der Waals surface area contributed by atoms with Gasteiger partial charge in [-0.3, -0.25) is 0 Å². The van der Waals surface area contributed by atoms with Crippen LogP contribution in [0.2, 0.25) is 0 Å². The topological polar surface area (TPSA) is 472 Å². The van der Waals surface area contributed by atoms with Gasteiger partial charge in [0.05, 0.1) is 27.8 Å². The lowest BCUT2D eigenvalue weighted by Crippen LogP contribution is -2.55. The second-order valence-corrected chi connectivity index (χ2v) is 13.8. The van der Waals surface area contributed by atoms with Crippen molar-refractivity contribution in [2.45, 2.75) is 24.4 Å². The number of hydrogen-bond donors (Lipinski definition) is 16. The van der Waals surface area contributed by atoms with Crippen LogP contribution in [0.3, 0.4) is 0 Å². The van der Waals surface area contributed by atoms with E-state index in [0.29, 0.717) is 60.7 Å². The van der Waals surface area contributed by atoms with E-state index in [1.54, 1.807) is 0 Å². The zero-order chi connectivity index (χ0) is 50.6. The number of carbonyl (C=O) groups excluding carboxylic acids is 5. The maximum Gasteiger partial charge on any atom is 0.349 e. The van der Waals surface area contributed by atoms with Gasteiger partial charge < -0.3 is 105 Å². The van der Waals surface area contributed by atoms with Gasteiger partial charge in [-0.1, -0.05) is 0 Å². The van der Waals surface area contributed by atoms with E-state index in [1.807, 2.05) is 0 Å². The average molecular weight is 957 g/mol. The molecule has 27 nitrogen and oxygen atoms in total. The number of rotatable bonds is 15. The molecule has 0 aromatic heterocycles. The highest BCUT2D eigenvalue weighted by molar-refractivity contribution is 5.95. The fourth-order valence-electron chi connectivity index (χ4n) is 5.73. The molecule has 27 heteroatoms. The lowest BCUT2D eigenvalue weighted by atomic mass is 10.0. The Morgan fingerprint density at radius 1 is 0.338 bits per heavy atom. The minimum Gasteiger partial charge on any atom is -0.504 e. The summed E-state index contributed by atoms with van der Waals surface area (Å²) in [7, 11) is 0. The van der Waals surface area contributed by atoms with E-state index in [4.69, 9.17) is 23.7 Å². The van der Waals surface area contributed by atoms with Crippen molar-refractivity contribution >= 4 is 35.8 Å². The van der Waals surface area contributed by atoms with Crippen molar-refractivity contribution in [3.8, 4) is 86.2 Å². The Hall–Kier alpha value is -10.1. The van der Waals surface area contributed by atoms with Crippen LogP contribution in [0.5, 0.6) is 86.2 Å². The molecule has 4 unspecified atom stereocenters. The standard InChI is InChI=1S/C41H32O27/c42-17-1-12(2-18(43)28(17)52)37(59)64-11-27(65-38(60)13-3-19(44)29(53)20(45)4-13)33(66-39(61)14-5-21(46)30(54)22(47)6-14)34(67-40(62)15-7-23(48)31(55)24(49)8-15)35(36(57)58)68-41(63)16-9-25(50)32(56)26(51)10-16/h1-10,27,33-35,42-56H,11H2,(H,57,58). The molecule has 5 rings (SSSR count). The van der Waals surface area contributed by atoms with Crippen molar-refractivity contribution < 1.29 is 134 Å². The number of aliphatic carboxylic acids is 1. The quantitative estimate of drug-likeness (QED) is 0.0401. The minimum atomic E-state index is -3.16. The maximum absolute atomic E-state index is 13.9. The second-order valence-electron chi connectivity index (χ2n) is 13.8. The van der Waals surface area contributed by atoms with Gasteiger partial charge in [-0.15, -0.1) is 0 Å². The van der Waals surface area contributed by atoms with Crippen LogP contribution in [0.4, 0.5) is 0 Å². The molecule has 0 fully saturated rings. The van der Waals surface area contributed by atoms with Crippen molar-refractivity contribution in [2.24, 2.45) is 0 Å². The summed E-state index contributed by atoms with van der Waals surface area (Å²) >= 11 is 0. The predicted octanol–water partition coefficient (Wildman–Crippen LogP) is 1.41. The van der Waals surface area contributed by atoms with Crippen LogP contribution >= 0.6 is 0 Å². The molecule has 0 aliphatic rings. The number of carbonyl (C=O) groups is 6. The Morgan fingerprint density at radius 3 is 0.853 bits per heavy atom. The summed E-state index contributed by atoms with van der Waals surface area (Å²) in [4.78, 5) is 81.6. The molecular weight excluding hydrogens is 924 g/mol. The SMILES string of the molecule is O=C(OCC(OC(=O)c1cc(O)c(O)c(O)c1)C(OC(=O)c1cc(O)c(O)c(O)c1)C(OC(=O)c1cc(O)c(O)c(O)c1)C(OC(=O)c1cc(O)c(O)c(O)c1)C(=O)O)c1cc(O)c(O)c(O)c1. The van der Waals surface area contributed by atoms with Crippen molar-refractivity contribution in [3.63, 3.8) is 0 Å². The molecule has 358 valence electrons. The first-order valence-corrected chi connectivity index (χ1v) is 18.3. The summed E-state index contributed by atoms with van der Waals surface area (Å²) in [5.74, 6) is -29.3. The third-order valence-electron chi connectivity index (χ3n) is 9.12. The molecule has 0 aliphatic carbocycles. The fourth-order valence-corrected chi connectivity index (χ4v) is 5.73. The Balaban J connectivity index is 1.76. The highest BCUT2D eigenvalue weighted by Gasteiger charge is 2.49. The van der Waals surface area contributed by atoms with Gasteiger partial charge in [-0.25, -0.2) is 28.8 Å². The first kappa shape index (κ1) is 48.9. The molecule has 4 atom stereocenters. The first-order chi connectivity index (χ1) is 31.8. The Kier molecular flexibility index (Phi) is 13.9. The molecule has 16 N–H and O–H groups in total. The number of phenols is 15. The molecule has 0 bridgehead atoms. The zero-order valence-corrected chi connectivity index (χ0v) is 33.4. The third kappa shape index (κ3) is 10.5. The van der Waals surface area contributed by atoms with Crippen LogP contribution in [-0.2, 0) is 28.5 Å². The number of benzene rings is 5. The van der Waals surface area contributed by atoms with E-state index in [0.717, 1.165) is 0 Å². The Morgan fingerprint density at radius 2 is 0.574 bits per heavy atom. The third-order valence-corrected chi connectivity index (χ3v) is 9.12. The summed E-state index contributed by atoms with van der Waals surface area (Å²) < 4.78 is 26.4. The summed E-state index contributed by atoms with van der Waals surface area (Å²) in [6.45, 7) is -1.60. The molecule has 0 aliphatic heterocycles. The molecule has 0 amide bonds. The van der Waals surface area contributed by atoms with Gasteiger partial charge in [-0.2, -0.15) is 0 Å². The Bertz CT molecular complexity index is 2750. The normalized spacial score (nSPS) is 12.6. The van der Waals surface area contributed by atoms with E-state index in [9.17, 15) is 110 Å². The van der Waals surface area contributed by atoms with Crippen molar-refractivity contribution in [1.29, 1.82) is 0 Å². The first-order valence-electron chi connectivity index (χ1n) is 18.3. The molecule has 0 radical (unpaired) electrons. The van der Waals surface area contributed by atoms with Crippen LogP contribution in [0.25, 0.3) is 0 Å². The highest BCUT2D eigenvalue weighted by Crippen LogP contribution is 2.40. The molecule has 0 saturated carbocycles. The number of carboxylic acid groups (broad SMARTS) is 1. The molecular formula is C41H32O27. The van der Waals surface area contributed by atoms with Gasteiger partial charge in [0.25, 0.3) is 0 Å². The van der Waals surface area contributed by atoms with Gasteiger partial charge in [0.2, 0.25) is 6.10 Å². The van der Waals surface area contributed by atoms with Crippen molar-refractivity contribution in [3.05, 3.63) is 88.5 Å². The van der Waals surface area contributed by atoms with Crippen molar-refractivity contribution in [1.82, 2.24) is 0 Å². The largest absolute Gasteiger partial charge is 0.504 e. The van der Waals surface area contributed by atoms with E-state index >= 15 is 0 Å². The fraction of sp³-hybridized carbons (Fsp3) is 0.122. The van der Waals surface area contributed by atoms with E-state index in [-0.39, 0.29) is 0 Å². The summed E-state index contributed by atoms with van der Waals surface area (Å²) in [5.41, 5.74) is -4.65. The molecule has 0 saturated heterocycles. The molecule has 0 spiro atoms. The van der Waals surface area contributed by atoms with Gasteiger partial charge >= 0.3 is 35.8 Å². The van der Waals surface area contributed by atoms with Gasteiger partial charge in [-0.05, 0) is 60.7 Å². The van der Waals surface area contributed by atoms with Crippen LogP contribution in [0.15, 0.2) is 60.7 Å². The van der Waals surface area contributed by atoms with Crippen LogP contribution in [0, 0.1) is 0 Å². The number of hydrogen-bond acceptors (Lipinski definition) is 26. The van der Waals surface area contributed by atoms with Crippen LogP contribution in [0.1, 0.15) is 51.8 Å². The smallest absolute Gasteiger partial charge is 0.349 e. The summed E-state index contributed by atoms with van der Waals surface area (Å²) in [6.07, 6.45) is -11.9. The van der Waals surface area contributed by atoms with E-state index < -0.39 is 181 Å². The summed E-state index contributed by atoms with van der Waals surface area (Å²) in [5, 5.41) is 161. The number of esters is 5. The van der Waals surface area contributed by atoms with E-state index in [1.165, 1.54) is 0 Å². The van der Waals surface area contributed by atoms with Gasteiger partial charge in [0.1, 0.15) is 6.61 Å². The van der Waals surface area contributed by atoms with Gasteiger partial charge in [0, 0.05) is 0 Å². The van der Waals surface area contributed by atoms with E-state index in [2.05, 4.69) is 0 Å². The minimum absolute atomic E-state index is 0.410. The monoisotopic (exact) mass is 956 g/mol. The lowest BCUT2D eigenvalue weighted by molar-refractivity contribution is -0.167. The lowest BCUT2D eigenvalue weighted by Gasteiger charge is -2.34. The number of carboxylic acids is 1. The van der Waals surface area contributed by atoms with Crippen LogP contribution < -0.4 is 0 Å². The highest BCUT2D eigenvalue weighted by atomic mass is 16.6. The average Bonchev–Trinajstić information content (AvgIpc) is 3.27. The summed E-state index contributed by atoms with van der Waals surface area (Å²) in [6, 6.07) is 4.46. The zero-order valence-electron chi connectivity index (χ0n) is 33.4. The molecule has 5 aromatic carbocycles. The number of aromatic hydroxyl groups is 15. The molecule has 0 heterocycles. The number of ether oxygens (including phenoxy) is 5. The van der Waals surface area contributed by atoms with Gasteiger partial charge in [0.15, 0.2) is 105 Å². The second kappa shape index (κ2) is 19.3. The number of phenolic OH excluding ortho intramolecular Hbond substituents is 15. The molecule has 5 aromatic rings. The molecule has 68 heavy (non-hydrogen) atoms. The maximum atomic E-state index is 13.9. The van der Waals surface area contributed by atoms with Crippen LogP contribution in [-0.4, -0.2) is 149 Å². The Labute approximate surface area is 375 Å². The van der Waals surface area contributed by atoms with Crippen molar-refractivity contribution in [2.75, 3.05) is 6.61 Å². The predicted molar refractivity (Wildman–Crippen MR) is 212 cm³/mol.